The summed E-state index contributed by atoms with van der Waals surface area (Å²) in [4.78, 5) is 28.3. The first-order valence-corrected chi connectivity index (χ1v) is 8.84. The first-order valence-electron chi connectivity index (χ1n) is 8.84. The van der Waals surface area contributed by atoms with Crippen molar-refractivity contribution in [3.63, 3.8) is 0 Å². The molecule has 0 bridgehead atoms. The monoisotopic (exact) mass is 354 g/mol. The van der Waals surface area contributed by atoms with Gasteiger partial charge in [0.2, 0.25) is 11.8 Å². The fourth-order valence-electron chi connectivity index (χ4n) is 3.32. The lowest BCUT2D eigenvalue weighted by atomic mass is 10.1. The number of amides is 2. The largest absolute Gasteiger partial charge is 0.342 e. The maximum absolute atomic E-state index is 13.0. The third-order valence-corrected chi connectivity index (χ3v) is 4.79. The van der Waals surface area contributed by atoms with Crippen LogP contribution in [0.1, 0.15) is 17.5 Å². The zero-order chi connectivity index (χ0) is 18.5. The number of carbonyl (C=O) groups excluding carboxylic acids is 2. The van der Waals surface area contributed by atoms with E-state index < -0.39 is 0 Å². The molecule has 0 aromatic heterocycles. The number of hydrogen-bond donors (Lipinski definition) is 0. The van der Waals surface area contributed by atoms with Crippen molar-refractivity contribution in [1.29, 1.82) is 0 Å². The molecule has 0 radical (unpaired) electrons. The molecule has 4 nitrogen and oxygen atoms in total. The van der Waals surface area contributed by atoms with E-state index in [1.807, 2.05) is 30.3 Å². The molecule has 0 aliphatic carbocycles. The zero-order valence-corrected chi connectivity index (χ0v) is 14.9. The molecule has 1 aliphatic rings. The third-order valence-electron chi connectivity index (χ3n) is 4.79. The van der Waals surface area contributed by atoms with Crippen LogP contribution in [-0.4, -0.2) is 41.8 Å². The second kappa shape index (κ2) is 8.13. The Morgan fingerprint density at radius 3 is 2.50 bits per heavy atom. The Morgan fingerprint density at radius 2 is 1.81 bits per heavy atom. The summed E-state index contributed by atoms with van der Waals surface area (Å²) in [6, 6.07) is 16.1. The Bertz CT molecular complexity index is 761. The average molecular weight is 354 g/mol. The molecule has 26 heavy (non-hydrogen) atoms. The van der Waals surface area contributed by atoms with Crippen molar-refractivity contribution in [3.05, 3.63) is 71.5 Å². The van der Waals surface area contributed by atoms with Crippen LogP contribution in [0.3, 0.4) is 0 Å². The predicted octanol–water partition coefficient (Wildman–Crippen LogP) is 2.88. The molecular formula is C21H23FN2O2. The van der Waals surface area contributed by atoms with Gasteiger partial charge >= 0.3 is 0 Å². The van der Waals surface area contributed by atoms with E-state index in [4.69, 9.17) is 0 Å². The number of hydrogen-bond acceptors (Lipinski definition) is 2. The van der Waals surface area contributed by atoms with Gasteiger partial charge in [0.25, 0.3) is 0 Å². The van der Waals surface area contributed by atoms with Gasteiger partial charge < -0.3 is 9.80 Å². The summed E-state index contributed by atoms with van der Waals surface area (Å²) in [5, 5.41) is 0. The molecule has 1 aliphatic heterocycles. The maximum Gasteiger partial charge on any atom is 0.228 e. The number of benzene rings is 2. The quantitative estimate of drug-likeness (QED) is 0.800. The second-order valence-corrected chi connectivity index (χ2v) is 6.80. The lowest BCUT2D eigenvalue weighted by Crippen LogP contribution is -2.34. The molecule has 1 heterocycles. The number of nitrogens with zero attached hydrogens (tertiary/aromatic N) is 2. The van der Waals surface area contributed by atoms with Crippen LogP contribution in [-0.2, 0) is 22.6 Å². The Labute approximate surface area is 153 Å². The highest BCUT2D eigenvalue weighted by atomic mass is 19.1. The topological polar surface area (TPSA) is 40.6 Å². The lowest BCUT2D eigenvalue weighted by molar-refractivity contribution is -0.135. The molecular weight excluding hydrogens is 331 g/mol. The molecule has 3 rings (SSSR count). The molecule has 0 N–H and O–H groups in total. The molecule has 1 fully saturated rings. The lowest BCUT2D eigenvalue weighted by Gasteiger charge is -2.21. The minimum atomic E-state index is -0.288. The van der Waals surface area contributed by atoms with Crippen LogP contribution >= 0.6 is 0 Å². The summed E-state index contributed by atoms with van der Waals surface area (Å²) in [5.41, 5.74) is 2.05. The van der Waals surface area contributed by atoms with Gasteiger partial charge in [0, 0.05) is 33.1 Å². The Balaban J connectivity index is 1.53. The van der Waals surface area contributed by atoms with Crippen LogP contribution in [0.4, 0.5) is 4.39 Å². The van der Waals surface area contributed by atoms with E-state index in [1.54, 1.807) is 29.0 Å². The molecule has 0 spiro atoms. The summed E-state index contributed by atoms with van der Waals surface area (Å²) >= 11 is 0. The van der Waals surface area contributed by atoms with Crippen LogP contribution in [0.15, 0.2) is 54.6 Å². The van der Waals surface area contributed by atoms with Crippen LogP contribution in [0.2, 0.25) is 0 Å². The van der Waals surface area contributed by atoms with Gasteiger partial charge in [-0.1, -0.05) is 42.5 Å². The molecule has 1 saturated heterocycles. The van der Waals surface area contributed by atoms with Gasteiger partial charge in [-0.2, -0.15) is 0 Å². The van der Waals surface area contributed by atoms with Gasteiger partial charge in [-0.25, -0.2) is 4.39 Å². The van der Waals surface area contributed by atoms with E-state index in [-0.39, 0.29) is 30.0 Å². The van der Waals surface area contributed by atoms with Crippen LogP contribution in [0, 0.1) is 11.7 Å². The first kappa shape index (κ1) is 18.1. The van der Waals surface area contributed by atoms with Crippen LogP contribution < -0.4 is 0 Å². The number of rotatable bonds is 6. The molecule has 136 valence electrons. The molecule has 5 heteroatoms. The number of likely N-dealkylation sites (tertiary alicyclic amines) is 1. The van der Waals surface area contributed by atoms with Crippen LogP contribution in [0.5, 0.6) is 0 Å². The summed E-state index contributed by atoms with van der Waals surface area (Å²) in [6.07, 6.45) is 0.925. The fourth-order valence-corrected chi connectivity index (χ4v) is 3.32. The normalized spacial score (nSPS) is 16.8. The smallest absolute Gasteiger partial charge is 0.228 e. The van der Waals surface area contributed by atoms with Gasteiger partial charge in [0.05, 0.1) is 5.92 Å². The second-order valence-electron chi connectivity index (χ2n) is 6.80. The summed E-state index contributed by atoms with van der Waals surface area (Å²) in [7, 11) is 1.78. The number of halogens is 1. The highest BCUT2D eigenvalue weighted by Gasteiger charge is 2.35. The van der Waals surface area contributed by atoms with Gasteiger partial charge in [0.1, 0.15) is 5.82 Å². The fraction of sp³-hybridized carbons (Fsp3) is 0.333. The maximum atomic E-state index is 13.0. The molecule has 2 aromatic carbocycles. The van der Waals surface area contributed by atoms with E-state index in [2.05, 4.69) is 0 Å². The summed E-state index contributed by atoms with van der Waals surface area (Å²) < 4.78 is 13.0. The van der Waals surface area contributed by atoms with E-state index in [9.17, 15) is 14.0 Å². The van der Waals surface area contributed by atoms with Gasteiger partial charge in [-0.05, 0) is 29.7 Å². The van der Waals surface area contributed by atoms with E-state index in [0.29, 0.717) is 26.1 Å². The van der Waals surface area contributed by atoms with Crippen molar-refractivity contribution in [2.45, 2.75) is 19.4 Å². The van der Waals surface area contributed by atoms with Gasteiger partial charge in [-0.3, -0.25) is 9.59 Å². The molecule has 2 amide bonds. The van der Waals surface area contributed by atoms with Gasteiger partial charge in [-0.15, -0.1) is 0 Å². The van der Waals surface area contributed by atoms with Crippen molar-refractivity contribution in [3.8, 4) is 0 Å². The molecule has 2 aromatic rings. The SMILES string of the molecule is CN(Cc1ccccc1)C(=O)C1CC(=O)N(CCc2ccc(F)cc2)C1. The van der Waals surface area contributed by atoms with Crippen molar-refractivity contribution >= 4 is 11.8 Å². The highest BCUT2D eigenvalue weighted by molar-refractivity contribution is 5.89. The van der Waals surface area contributed by atoms with Crippen molar-refractivity contribution < 1.29 is 14.0 Å². The van der Waals surface area contributed by atoms with Crippen LogP contribution in [0.25, 0.3) is 0 Å². The number of carbonyl (C=O) groups is 2. The zero-order valence-electron chi connectivity index (χ0n) is 14.9. The van der Waals surface area contributed by atoms with E-state index in [1.165, 1.54) is 12.1 Å². The average Bonchev–Trinajstić information content (AvgIpc) is 3.02. The van der Waals surface area contributed by atoms with Gasteiger partial charge in [0.15, 0.2) is 0 Å². The molecule has 0 saturated carbocycles. The minimum absolute atomic E-state index is 0.00600. The minimum Gasteiger partial charge on any atom is -0.342 e. The van der Waals surface area contributed by atoms with E-state index in [0.717, 1.165) is 11.1 Å². The summed E-state index contributed by atoms with van der Waals surface area (Å²) in [5.74, 6) is -0.535. The highest BCUT2D eigenvalue weighted by Crippen LogP contribution is 2.21. The van der Waals surface area contributed by atoms with Crippen molar-refractivity contribution in [1.82, 2.24) is 9.80 Å². The Morgan fingerprint density at radius 1 is 1.12 bits per heavy atom. The first-order chi connectivity index (χ1) is 12.5. The van der Waals surface area contributed by atoms with Crippen molar-refractivity contribution in [2.24, 2.45) is 5.92 Å². The Kier molecular flexibility index (Phi) is 5.66. The predicted molar refractivity (Wildman–Crippen MR) is 97.7 cm³/mol. The van der Waals surface area contributed by atoms with E-state index >= 15 is 0 Å². The van der Waals surface area contributed by atoms with Crippen molar-refractivity contribution in [2.75, 3.05) is 20.1 Å². The Hall–Kier alpha value is -2.69. The molecule has 1 unspecified atom stereocenters. The molecule has 1 atom stereocenters. The standard InChI is InChI=1S/C21H23FN2O2/c1-23(14-17-5-3-2-4-6-17)21(26)18-13-20(25)24(15-18)12-11-16-7-9-19(22)10-8-16/h2-10,18H,11-15H2,1H3. The third kappa shape index (κ3) is 4.48. The summed E-state index contributed by atoms with van der Waals surface area (Å²) in [6.45, 7) is 1.55.